The van der Waals surface area contributed by atoms with Gasteiger partial charge < -0.3 is 4.74 Å². The molecular weight excluding hydrogens is 250 g/mol. The van der Waals surface area contributed by atoms with Crippen LogP contribution in [0.1, 0.15) is 85.5 Å². The van der Waals surface area contributed by atoms with Crippen LogP contribution in [0.4, 0.5) is 0 Å². The van der Waals surface area contributed by atoms with Crippen molar-refractivity contribution in [1.29, 1.82) is 0 Å². The van der Waals surface area contributed by atoms with Crippen molar-refractivity contribution in [2.24, 2.45) is 5.73 Å². The van der Waals surface area contributed by atoms with E-state index in [1.807, 2.05) is 0 Å². The molecule has 0 saturated heterocycles. The zero-order valence-corrected chi connectivity index (χ0v) is 13.8. The number of carbonyl (C=O) groups excluding carboxylic acids is 1. The lowest BCUT2D eigenvalue weighted by molar-refractivity contribution is -0.143. The van der Waals surface area contributed by atoms with Gasteiger partial charge in [0.05, 0.1) is 0 Å². The number of carbonyl (C=O) groups is 1. The third-order valence-corrected chi connectivity index (χ3v) is 3.41. The number of unbranched alkanes of at least 4 members (excludes halogenated alkanes) is 3. The molecule has 0 aliphatic rings. The average Bonchev–Trinajstić information content (AvgIpc) is 2.40. The number of ether oxygens (including phenoxy) is 1. The largest absolute Gasteiger partial charge is 0.444 e. The molecule has 1 unspecified atom stereocenters. The summed E-state index contributed by atoms with van der Waals surface area (Å²) in [5, 5.41) is 0. The van der Waals surface area contributed by atoms with E-state index in [-0.39, 0.29) is 5.97 Å². The molecule has 0 aromatic rings. The quantitative estimate of drug-likeness (QED) is 0.339. The molecule has 0 spiro atoms. The summed E-state index contributed by atoms with van der Waals surface area (Å²) in [6.07, 6.45) is 9.03. The summed E-state index contributed by atoms with van der Waals surface area (Å²) < 4.78 is 5.23. The summed E-state index contributed by atoms with van der Waals surface area (Å²) in [5.74, 6) is -0.198. The number of esters is 1. The van der Waals surface area contributed by atoms with Crippen LogP contribution in [0.2, 0.25) is 0 Å². The molecule has 0 aliphatic heterocycles. The summed E-state index contributed by atoms with van der Waals surface area (Å²) >= 11 is 0. The van der Waals surface area contributed by atoms with Gasteiger partial charge in [0.15, 0.2) is 0 Å². The van der Waals surface area contributed by atoms with E-state index in [0.717, 1.165) is 63.4 Å². The van der Waals surface area contributed by atoms with Gasteiger partial charge in [-0.05, 0) is 45.4 Å². The molecule has 3 heteroatoms. The van der Waals surface area contributed by atoms with Gasteiger partial charge in [0.1, 0.15) is 6.23 Å². The SMILES string of the molecule is CCCCC(CCCC)=C(CCCC)C(=O)OC(C)N. The van der Waals surface area contributed by atoms with Crippen LogP contribution in [0.15, 0.2) is 11.1 Å². The number of hydrogen-bond donors (Lipinski definition) is 1. The van der Waals surface area contributed by atoms with Crippen LogP contribution < -0.4 is 5.73 Å². The second kappa shape index (κ2) is 12.0. The van der Waals surface area contributed by atoms with E-state index in [1.165, 1.54) is 5.57 Å². The number of allylic oxidation sites excluding steroid dienone is 1. The molecule has 1 atom stereocenters. The van der Waals surface area contributed by atoms with Gasteiger partial charge in [-0.2, -0.15) is 0 Å². The maximum Gasteiger partial charge on any atom is 0.335 e. The first kappa shape index (κ1) is 19.2. The van der Waals surface area contributed by atoms with E-state index >= 15 is 0 Å². The van der Waals surface area contributed by atoms with Gasteiger partial charge in [-0.1, -0.05) is 45.6 Å². The summed E-state index contributed by atoms with van der Waals surface area (Å²) in [7, 11) is 0. The Labute approximate surface area is 125 Å². The monoisotopic (exact) mass is 283 g/mol. The van der Waals surface area contributed by atoms with Crippen LogP contribution in [-0.2, 0) is 9.53 Å². The number of rotatable bonds is 11. The molecule has 0 fully saturated rings. The Morgan fingerprint density at radius 1 is 0.950 bits per heavy atom. The molecule has 0 saturated carbocycles. The Hall–Kier alpha value is -0.830. The molecular formula is C17H33NO2. The van der Waals surface area contributed by atoms with Crippen molar-refractivity contribution in [3.05, 3.63) is 11.1 Å². The first-order valence-electron chi connectivity index (χ1n) is 8.24. The van der Waals surface area contributed by atoms with E-state index in [0.29, 0.717) is 0 Å². The molecule has 0 heterocycles. The van der Waals surface area contributed by atoms with Crippen molar-refractivity contribution in [2.75, 3.05) is 0 Å². The van der Waals surface area contributed by atoms with Gasteiger partial charge in [0.25, 0.3) is 0 Å². The van der Waals surface area contributed by atoms with Crippen LogP contribution in [0, 0.1) is 0 Å². The highest BCUT2D eigenvalue weighted by Crippen LogP contribution is 2.24. The summed E-state index contributed by atoms with van der Waals surface area (Å²) in [6, 6.07) is 0. The van der Waals surface area contributed by atoms with Crippen molar-refractivity contribution in [2.45, 2.75) is 91.7 Å². The lowest BCUT2D eigenvalue weighted by atomic mass is 9.94. The molecule has 0 aromatic heterocycles. The zero-order chi connectivity index (χ0) is 15.4. The molecule has 20 heavy (non-hydrogen) atoms. The van der Waals surface area contributed by atoms with Gasteiger partial charge >= 0.3 is 5.97 Å². The average molecular weight is 283 g/mol. The Morgan fingerprint density at radius 2 is 1.40 bits per heavy atom. The minimum atomic E-state index is -0.530. The van der Waals surface area contributed by atoms with E-state index in [4.69, 9.17) is 10.5 Å². The predicted octanol–water partition coefficient (Wildman–Crippen LogP) is 4.70. The van der Waals surface area contributed by atoms with E-state index < -0.39 is 6.23 Å². The lowest BCUT2D eigenvalue weighted by Gasteiger charge is -2.16. The van der Waals surface area contributed by atoms with Crippen molar-refractivity contribution in [3.63, 3.8) is 0 Å². The van der Waals surface area contributed by atoms with Crippen LogP contribution >= 0.6 is 0 Å². The number of nitrogens with two attached hydrogens (primary N) is 1. The Morgan fingerprint density at radius 3 is 1.80 bits per heavy atom. The minimum Gasteiger partial charge on any atom is -0.444 e. The van der Waals surface area contributed by atoms with Gasteiger partial charge in [0, 0.05) is 5.57 Å². The summed E-state index contributed by atoms with van der Waals surface area (Å²) in [4.78, 5) is 12.3. The fourth-order valence-corrected chi connectivity index (χ4v) is 2.22. The normalized spacial score (nSPS) is 12.1. The molecule has 2 N–H and O–H groups in total. The molecule has 0 aromatic carbocycles. The van der Waals surface area contributed by atoms with Gasteiger partial charge in [-0.3, -0.25) is 5.73 Å². The fraction of sp³-hybridized carbons (Fsp3) is 0.824. The standard InChI is InChI=1S/C17H33NO2/c1-5-8-11-15(12-9-6-2)16(13-10-7-3)17(19)20-14(4)18/h14H,5-13,18H2,1-4H3. The van der Waals surface area contributed by atoms with Crippen LogP contribution in [0.3, 0.4) is 0 Å². The molecule has 0 amide bonds. The van der Waals surface area contributed by atoms with Gasteiger partial charge in [-0.15, -0.1) is 0 Å². The molecule has 0 bridgehead atoms. The second-order valence-electron chi connectivity index (χ2n) is 5.50. The first-order chi connectivity index (χ1) is 9.56. The highest BCUT2D eigenvalue weighted by Gasteiger charge is 2.17. The molecule has 0 radical (unpaired) electrons. The van der Waals surface area contributed by atoms with Crippen molar-refractivity contribution in [1.82, 2.24) is 0 Å². The maximum absolute atomic E-state index is 12.3. The van der Waals surface area contributed by atoms with Gasteiger partial charge in [-0.25, -0.2) is 4.79 Å². The van der Waals surface area contributed by atoms with E-state index in [1.54, 1.807) is 6.92 Å². The second-order valence-corrected chi connectivity index (χ2v) is 5.50. The Balaban J connectivity index is 5.06. The van der Waals surface area contributed by atoms with Crippen LogP contribution in [0.25, 0.3) is 0 Å². The third-order valence-electron chi connectivity index (χ3n) is 3.41. The maximum atomic E-state index is 12.3. The Bertz CT molecular complexity index is 285. The predicted molar refractivity (Wildman–Crippen MR) is 85.3 cm³/mol. The Kier molecular flexibility index (Phi) is 11.5. The molecule has 3 nitrogen and oxygen atoms in total. The molecule has 0 rings (SSSR count). The smallest absolute Gasteiger partial charge is 0.335 e. The zero-order valence-electron chi connectivity index (χ0n) is 13.8. The minimum absolute atomic E-state index is 0.198. The van der Waals surface area contributed by atoms with Crippen LogP contribution in [0.5, 0.6) is 0 Å². The van der Waals surface area contributed by atoms with Crippen molar-refractivity contribution in [3.8, 4) is 0 Å². The summed E-state index contributed by atoms with van der Waals surface area (Å²) in [5.41, 5.74) is 7.79. The van der Waals surface area contributed by atoms with Gasteiger partial charge in [0.2, 0.25) is 0 Å². The number of hydrogen-bond acceptors (Lipinski definition) is 3. The molecule has 0 aliphatic carbocycles. The highest BCUT2D eigenvalue weighted by atomic mass is 16.6. The van der Waals surface area contributed by atoms with E-state index in [9.17, 15) is 4.79 Å². The summed E-state index contributed by atoms with van der Waals surface area (Å²) in [6.45, 7) is 8.21. The topological polar surface area (TPSA) is 52.3 Å². The van der Waals surface area contributed by atoms with E-state index in [2.05, 4.69) is 20.8 Å². The molecule has 118 valence electrons. The highest BCUT2D eigenvalue weighted by molar-refractivity contribution is 5.89. The fourth-order valence-electron chi connectivity index (χ4n) is 2.22. The lowest BCUT2D eigenvalue weighted by Crippen LogP contribution is -2.25. The first-order valence-corrected chi connectivity index (χ1v) is 8.24. The third kappa shape index (κ3) is 8.36. The van der Waals surface area contributed by atoms with Crippen LogP contribution in [-0.4, -0.2) is 12.2 Å². The van der Waals surface area contributed by atoms with Crippen molar-refractivity contribution >= 4 is 5.97 Å². The van der Waals surface area contributed by atoms with Crippen molar-refractivity contribution < 1.29 is 9.53 Å².